The molecule has 0 aliphatic carbocycles. The first-order chi connectivity index (χ1) is 12.6. The summed E-state index contributed by atoms with van der Waals surface area (Å²) in [4.78, 5) is 27.7. The van der Waals surface area contributed by atoms with Gasteiger partial charge < -0.3 is 15.5 Å². The zero-order valence-corrected chi connectivity index (χ0v) is 14.9. The first-order valence-corrected chi connectivity index (χ1v) is 8.80. The van der Waals surface area contributed by atoms with Crippen LogP contribution in [0.5, 0.6) is 0 Å². The van der Waals surface area contributed by atoms with Gasteiger partial charge in [0.25, 0.3) is 0 Å². The molecule has 1 heterocycles. The van der Waals surface area contributed by atoms with Crippen molar-refractivity contribution in [2.45, 2.75) is 13.5 Å². The highest BCUT2D eigenvalue weighted by Crippen LogP contribution is 2.15. The molecule has 0 saturated carbocycles. The zero-order valence-electron chi connectivity index (χ0n) is 14.9. The molecule has 6 heteroatoms. The van der Waals surface area contributed by atoms with Gasteiger partial charge in [-0.1, -0.05) is 30.3 Å². The maximum Gasteiger partial charge on any atom is 0.321 e. The molecule has 1 fully saturated rings. The number of nitrogens with zero attached hydrogens (tertiary/aromatic N) is 2. The van der Waals surface area contributed by atoms with E-state index in [9.17, 15) is 9.59 Å². The molecular weight excluding hydrogens is 328 g/mol. The molecular formula is C20H24N4O2. The van der Waals surface area contributed by atoms with Crippen LogP contribution < -0.4 is 10.6 Å². The molecule has 0 unspecified atom stereocenters. The van der Waals surface area contributed by atoms with Gasteiger partial charge in [0, 0.05) is 51.0 Å². The number of rotatable bonds is 4. The summed E-state index contributed by atoms with van der Waals surface area (Å²) in [7, 11) is 0. The van der Waals surface area contributed by atoms with Crippen LogP contribution in [0.4, 0.5) is 16.2 Å². The minimum absolute atomic E-state index is 0.0864. The molecule has 0 atom stereocenters. The van der Waals surface area contributed by atoms with E-state index in [0.717, 1.165) is 25.3 Å². The van der Waals surface area contributed by atoms with E-state index >= 15 is 0 Å². The van der Waals surface area contributed by atoms with Gasteiger partial charge in [-0.15, -0.1) is 0 Å². The Kier molecular flexibility index (Phi) is 5.86. The van der Waals surface area contributed by atoms with Crippen molar-refractivity contribution < 1.29 is 9.59 Å². The number of hydrogen-bond acceptors (Lipinski definition) is 3. The molecule has 3 amide bonds. The standard InChI is InChI=1S/C20H24N4O2/c1-16(25)21-18-7-9-19(10-8-18)22-20(26)24-13-11-23(12-14-24)15-17-5-3-2-4-6-17/h2-10H,11-15H2,1H3,(H,21,25)(H,22,26). The second-order valence-corrected chi connectivity index (χ2v) is 6.44. The Bertz CT molecular complexity index is 738. The smallest absolute Gasteiger partial charge is 0.321 e. The predicted molar refractivity (Wildman–Crippen MR) is 103 cm³/mol. The lowest BCUT2D eigenvalue weighted by Crippen LogP contribution is -2.49. The highest BCUT2D eigenvalue weighted by atomic mass is 16.2. The summed E-state index contributed by atoms with van der Waals surface area (Å²) in [6, 6.07) is 17.4. The Hall–Kier alpha value is -2.86. The summed E-state index contributed by atoms with van der Waals surface area (Å²) < 4.78 is 0. The highest BCUT2D eigenvalue weighted by Gasteiger charge is 2.21. The second kappa shape index (κ2) is 8.49. The third-order valence-corrected chi connectivity index (χ3v) is 4.37. The summed E-state index contributed by atoms with van der Waals surface area (Å²) in [5.41, 5.74) is 2.73. The summed E-state index contributed by atoms with van der Waals surface area (Å²) in [5.74, 6) is -0.116. The molecule has 0 aromatic heterocycles. The molecule has 2 N–H and O–H groups in total. The predicted octanol–water partition coefficient (Wildman–Crippen LogP) is 2.99. The Balaban J connectivity index is 1.47. The topological polar surface area (TPSA) is 64.7 Å². The fourth-order valence-electron chi connectivity index (χ4n) is 2.99. The Morgan fingerprint density at radius 2 is 1.42 bits per heavy atom. The number of amides is 3. The van der Waals surface area contributed by atoms with Crippen molar-refractivity contribution in [1.82, 2.24) is 9.80 Å². The van der Waals surface area contributed by atoms with Gasteiger partial charge in [-0.05, 0) is 29.8 Å². The third-order valence-electron chi connectivity index (χ3n) is 4.37. The summed E-state index contributed by atoms with van der Waals surface area (Å²) in [6.45, 7) is 5.53. The second-order valence-electron chi connectivity index (χ2n) is 6.44. The van der Waals surface area contributed by atoms with Crippen molar-refractivity contribution >= 4 is 23.3 Å². The van der Waals surface area contributed by atoms with Gasteiger partial charge in [0.15, 0.2) is 0 Å². The SMILES string of the molecule is CC(=O)Nc1ccc(NC(=O)N2CCN(Cc3ccccc3)CC2)cc1. The normalized spacial score (nSPS) is 14.7. The largest absolute Gasteiger partial charge is 0.326 e. The number of carbonyl (C=O) groups is 2. The van der Waals surface area contributed by atoms with Crippen LogP contribution in [0.25, 0.3) is 0 Å². The van der Waals surface area contributed by atoms with Gasteiger partial charge in [0.1, 0.15) is 0 Å². The minimum atomic E-state index is -0.116. The molecule has 6 nitrogen and oxygen atoms in total. The third kappa shape index (κ3) is 5.07. The molecule has 0 bridgehead atoms. The number of nitrogens with one attached hydrogen (secondary N) is 2. The number of piperazine rings is 1. The molecule has 1 aliphatic rings. The fraction of sp³-hybridized carbons (Fsp3) is 0.300. The van der Waals surface area contributed by atoms with Crippen molar-refractivity contribution in [3.05, 3.63) is 60.2 Å². The highest BCUT2D eigenvalue weighted by molar-refractivity contribution is 5.91. The van der Waals surface area contributed by atoms with Gasteiger partial charge >= 0.3 is 6.03 Å². The van der Waals surface area contributed by atoms with Crippen molar-refractivity contribution in [2.75, 3.05) is 36.8 Å². The van der Waals surface area contributed by atoms with Crippen LogP contribution in [0.2, 0.25) is 0 Å². The fourth-order valence-corrected chi connectivity index (χ4v) is 2.99. The van der Waals surface area contributed by atoms with Crippen molar-refractivity contribution in [2.24, 2.45) is 0 Å². The van der Waals surface area contributed by atoms with E-state index in [1.165, 1.54) is 12.5 Å². The van der Waals surface area contributed by atoms with Crippen LogP contribution in [-0.4, -0.2) is 47.9 Å². The van der Waals surface area contributed by atoms with Crippen LogP contribution in [0.15, 0.2) is 54.6 Å². The molecule has 1 saturated heterocycles. The van der Waals surface area contributed by atoms with E-state index in [0.29, 0.717) is 18.8 Å². The first kappa shape index (κ1) is 17.9. The van der Waals surface area contributed by atoms with E-state index in [2.05, 4.69) is 39.8 Å². The Labute approximate surface area is 153 Å². The number of carbonyl (C=O) groups excluding carboxylic acids is 2. The van der Waals surface area contributed by atoms with Gasteiger partial charge in [-0.2, -0.15) is 0 Å². The number of benzene rings is 2. The molecule has 26 heavy (non-hydrogen) atoms. The molecule has 136 valence electrons. The summed E-state index contributed by atoms with van der Waals surface area (Å²) in [5, 5.41) is 5.62. The lowest BCUT2D eigenvalue weighted by Gasteiger charge is -2.34. The Morgan fingerprint density at radius 1 is 0.846 bits per heavy atom. The van der Waals surface area contributed by atoms with Crippen LogP contribution in [0, 0.1) is 0 Å². The monoisotopic (exact) mass is 352 g/mol. The molecule has 2 aromatic rings. The van der Waals surface area contributed by atoms with Crippen molar-refractivity contribution in [3.63, 3.8) is 0 Å². The summed E-state index contributed by atoms with van der Waals surface area (Å²) in [6.07, 6.45) is 0. The van der Waals surface area contributed by atoms with Gasteiger partial charge in [-0.25, -0.2) is 4.79 Å². The van der Waals surface area contributed by atoms with Gasteiger partial charge in [0.2, 0.25) is 5.91 Å². The van der Waals surface area contributed by atoms with E-state index < -0.39 is 0 Å². The molecule has 0 spiro atoms. The van der Waals surface area contributed by atoms with Crippen LogP contribution in [0.1, 0.15) is 12.5 Å². The lowest BCUT2D eigenvalue weighted by molar-refractivity contribution is -0.114. The summed E-state index contributed by atoms with van der Waals surface area (Å²) >= 11 is 0. The average Bonchev–Trinajstić information content (AvgIpc) is 2.64. The Morgan fingerprint density at radius 3 is 2.00 bits per heavy atom. The maximum atomic E-state index is 12.4. The minimum Gasteiger partial charge on any atom is -0.326 e. The molecule has 1 aliphatic heterocycles. The number of anilines is 2. The molecule has 0 radical (unpaired) electrons. The number of hydrogen-bond donors (Lipinski definition) is 2. The van der Waals surface area contributed by atoms with E-state index in [1.807, 2.05) is 11.0 Å². The van der Waals surface area contributed by atoms with Gasteiger partial charge in [0.05, 0.1) is 0 Å². The maximum absolute atomic E-state index is 12.4. The molecule has 3 rings (SSSR count). The van der Waals surface area contributed by atoms with Crippen molar-refractivity contribution in [3.8, 4) is 0 Å². The van der Waals surface area contributed by atoms with Crippen LogP contribution in [0.3, 0.4) is 0 Å². The van der Waals surface area contributed by atoms with Crippen molar-refractivity contribution in [1.29, 1.82) is 0 Å². The van der Waals surface area contributed by atoms with Crippen LogP contribution >= 0.6 is 0 Å². The van der Waals surface area contributed by atoms with Crippen LogP contribution in [-0.2, 0) is 11.3 Å². The zero-order chi connectivity index (χ0) is 18.4. The van der Waals surface area contributed by atoms with E-state index in [4.69, 9.17) is 0 Å². The van der Waals surface area contributed by atoms with E-state index in [1.54, 1.807) is 24.3 Å². The van der Waals surface area contributed by atoms with Gasteiger partial charge in [-0.3, -0.25) is 9.69 Å². The molecule has 2 aromatic carbocycles. The first-order valence-electron chi connectivity index (χ1n) is 8.80. The van der Waals surface area contributed by atoms with E-state index in [-0.39, 0.29) is 11.9 Å². The quantitative estimate of drug-likeness (QED) is 0.889. The number of urea groups is 1. The average molecular weight is 352 g/mol. The lowest BCUT2D eigenvalue weighted by atomic mass is 10.2.